The van der Waals surface area contributed by atoms with Crippen LogP contribution in [0.3, 0.4) is 0 Å². The molecular formula is C14H20F2N2O2. The number of benzene rings is 1. The fourth-order valence-corrected chi connectivity index (χ4v) is 1.70. The third-order valence-electron chi connectivity index (χ3n) is 2.75. The van der Waals surface area contributed by atoms with Crippen LogP contribution in [0.1, 0.15) is 18.9 Å². The van der Waals surface area contributed by atoms with E-state index in [-0.39, 0.29) is 19.0 Å². The number of aliphatic hydroxyl groups excluding tert-OH is 1. The normalized spacial score (nSPS) is 12.5. The summed E-state index contributed by atoms with van der Waals surface area (Å²) < 4.78 is 25.9. The van der Waals surface area contributed by atoms with E-state index in [2.05, 4.69) is 5.32 Å². The van der Waals surface area contributed by atoms with Crippen LogP contribution in [0.25, 0.3) is 0 Å². The summed E-state index contributed by atoms with van der Waals surface area (Å²) >= 11 is 0. The Labute approximate surface area is 117 Å². The van der Waals surface area contributed by atoms with Crippen molar-refractivity contribution in [3.8, 4) is 0 Å². The Balaban J connectivity index is 2.35. The highest BCUT2D eigenvalue weighted by Crippen LogP contribution is 2.07. The van der Waals surface area contributed by atoms with E-state index in [0.717, 1.165) is 6.07 Å². The molecule has 0 aromatic heterocycles. The second kappa shape index (κ2) is 7.91. The number of aliphatic hydroxyl groups is 1. The molecule has 4 nitrogen and oxygen atoms in total. The molecule has 0 fully saturated rings. The molecule has 2 N–H and O–H groups in total. The Kier molecular flexibility index (Phi) is 6.54. The molecule has 1 atom stereocenters. The molecule has 1 aromatic carbocycles. The van der Waals surface area contributed by atoms with Gasteiger partial charge >= 0.3 is 0 Å². The van der Waals surface area contributed by atoms with Gasteiger partial charge in [0.1, 0.15) is 11.6 Å². The second-order valence-corrected chi connectivity index (χ2v) is 4.93. The largest absolute Gasteiger partial charge is 0.393 e. The van der Waals surface area contributed by atoms with Gasteiger partial charge in [-0.05, 0) is 38.1 Å². The highest BCUT2D eigenvalue weighted by atomic mass is 19.1. The first-order chi connectivity index (χ1) is 9.36. The van der Waals surface area contributed by atoms with Crippen molar-refractivity contribution in [2.24, 2.45) is 0 Å². The topological polar surface area (TPSA) is 52.6 Å². The zero-order chi connectivity index (χ0) is 15.1. The maximum atomic E-state index is 13.0. The van der Waals surface area contributed by atoms with Gasteiger partial charge in [-0.15, -0.1) is 0 Å². The van der Waals surface area contributed by atoms with Gasteiger partial charge in [0.25, 0.3) is 0 Å². The molecule has 1 unspecified atom stereocenters. The Bertz CT molecular complexity index is 433. The number of nitrogens with one attached hydrogen (secondary N) is 1. The fraction of sp³-hybridized carbons (Fsp3) is 0.500. The van der Waals surface area contributed by atoms with E-state index in [1.807, 2.05) is 0 Å². The quantitative estimate of drug-likeness (QED) is 0.794. The van der Waals surface area contributed by atoms with Crippen molar-refractivity contribution in [2.45, 2.75) is 26.0 Å². The molecule has 0 aliphatic rings. The molecule has 0 aliphatic carbocycles. The second-order valence-electron chi connectivity index (χ2n) is 4.93. The van der Waals surface area contributed by atoms with Gasteiger partial charge in [-0.1, -0.05) is 0 Å². The summed E-state index contributed by atoms with van der Waals surface area (Å²) in [5.74, 6) is -1.56. The average Bonchev–Trinajstić information content (AvgIpc) is 2.33. The Morgan fingerprint density at radius 1 is 1.35 bits per heavy atom. The van der Waals surface area contributed by atoms with Crippen LogP contribution in [-0.2, 0) is 11.3 Å². The fourth-order valence-electron chi connectivity index (χ4n) is 1.70. The van der Waals surface area contributed by atoms with Crippen LogP contribution in [0.4, 0.5) is 8.78 Å². The first-order valence-electron chi connectivity index (χ1n) is 6.45. The van der Waals surface area contributed by atoms with Crippen LogP contribution >= 0.6 is 0 Å². The Hall–Kier alpha value is -1.53. The molecule has 1 aromatic rings. The smallest absolute Gasteiger partial charge is 0.234 e. The van der Waals surface area contributed by atoms with Gasteiger partial charge in [0.05, 0.1) is 12.6 Å². The number of likely N-dealkylation sites (N-methyl/N-ethyl adjacent to an activating group) is 1. The van der Waals surface area contributed by atoms with Crippen molar-refractivity contribution in [3.05, 3.63) is 35.4 Å². The van der Waals surface area contributed by atoms with Gasteiger partial charge in [-0.2, -0.15) is 0 Å². The van der Waals surface area contributed by atoms with Crippen LogP contribution in [-0.4, -0.2) is 42.2 Å². The van der Waals surface area contributed by atoms with Crippen molar-refractivity contribution >= 4 is 5.91 Å². The zero-order valence-electron chi connectivity index (χ0n) is 11.7. The molecule has 0 heterocycles. The summed E-state index contributed by atoms with van der Waals surface area (Å²) in [7, 11) is 1.77. The van der Waals surface area contributed by atoms with Gasteiger partial charge < -0.3 is 10.4 Å². The predicted octanol–water partition coefficient (Wildman–Crippen LogP) is 1.28. The van der Waals surface area contributed by atoms with Crippen molar-refractivity contribution in [2.75, 3.05) is 20.1 Å². The van der Waals surface area contributed by atoms with Crippen LogP contribution in [0.15, 0.2) is 18.2 Å². The molecule has 0 radical (unpaired) electrons. The molecule has 0 bridgehead atoms. The van der Waals surface area contributed by atoms with Gasteiger partial charge in [0.2, 0.25) is 5.91 Å². The lowest BCUT2D eigenvalue weighted by Crippen LogP contribution is -2.35. The lowest BCUT2D eigenvalue weighted by molar-refractivity contribution is -0.122. The minimum Gasteiger partial charge on any atom is -0.393 e. The SMILES string of the molecule is CC(O)CCN(C)CC(=O)NCc1cc(F)cc(F)c1. The molecular weight excluding hydrogens is 266 g/mol. The summed E-state index contributed by atoms with van der Waals surface area (Å²) in [6, 6.07) is 3.15. The monoisotopic (exact) mass is 286 g/mol. The highest BCUT2D eigenvalue weighted by Gasteiger charge is 2.08. The minimum atomic E-state index is -0.664. The summed E-state index contributed by atoms with van der Waals surface area (Å²) in [5.41, 5.74) is 0.377. The van der Waals surface area contributed by atoms with Crippen LogP contribution in [0.5, 0.6) is 0 Å². The first-order valence-corrected chi connectivity index (χ1v) is 6.45. The van der Waals surface area contributed by atoms with E-state index >= 15 is 0 Å². The number of amides is 1. The van der Waals surface area contributed by atoms with E-state index < -0.39 is 17.7 Å². The standard InChI is InChI=1S/C14H20F2N2O2/c1-10(19)3-4-18(2)9-14(20)17-8-11-5-12(15)7-13(16)6-11/h5-7,10,19H,3-4,8-9H2,1-2H3,(H,17,20). The molecule has 0 saturated carbocycles. The minimum absolute atomic E-state index is 0.0811. The van der Waals surface area contributed by atoms with Crippen molar-refractivity contribution < 1.29 is 18.7 Å². The first kappa shape index (κ1) is 16.5. The Morgan fingerprint density at radius 2 is 1.95 bits per heavy atom. The number of nitrogens with zero attached hydrogens (tertiary/aromatic N) is 1. The van der Waals surface area contributed by atoms with Gasteiger partial charge in [-0.3, -0.25) is 9.69 Å². The van der Waals surface area contributed by atoms with Crippen LogP contribution in [0, 0.1) is 11.6 Å². The summed E-state index contributed by atoms with van der Waals surface area (Å²) in [5, 5.41) is 11.7. The van der Waals surface area contributed by atoms with Gasteiger partial charge in [0, 0.05) is 19.2 Å². The summed E-state index contributed by atoms with van der Waals surface area (Å²) in [6.45, 7) is 2.54. The van der Waals surface area contributed by atoms with E-state index in [1.54, 1.807) is 18.9 Å². The van der Waals surface area contributed by atoms with E-state index in [1.165, 1.54) is 12.1 Å². The van der Waals surface area contributed by atoms with Crippen LogP contribution in [0.2, 0.25) is 0 Å². The highest BCUT2D eigenvalue weighted by molar-refractivity contribution is 5.77. The number of rotatable bonds is 7. The maximum absolute atomic E-state index is 13.0. The average molecular weight is 286 g/mol. The zero-order valence-corrected chi connectivity index (χ0v) is 11.7. The predicted molar refractivity (Wildman–Crippen MR) is 72.0 cm³/mol. The third kappa shape index (κ3) is 6.58. The number of carbonyl (C=O) groups excluding carboxylic acids is 1. The third-order valence-corrected chi connectivity index (χ3v) is 2.75. The van der Waals surface area contributed by atoms with E-state index in [4.69, 9.17) is 5.11 Å². The van der Waals surface area contributed by atoms with E-state index in [9.17, 15) is 13.6 Å². The molecule has 1 amide bonds. The lowest BCUT2D eigenvalue weighted by Gasteiger charge is -2.17. The number of hydrogen-bond donors (Lipinski definition) is 2. The molecule has 0 aliphatic heterocycles. The van der Waals surface area contributed by atoms with Crippen molar-refractivity contribution in [1.29, 1.82) is 0 Å². The molecule has 20 heavy (non-hydrogen) atoms. The number of hydrogen-bond acceptors (Lipinski definition) is 3. The maximum Gasteiger partial charge on any atom is 0.234 e. The number of carbonyl (C=O) groups is 1. The molecule has 0 saturated heterocycles. The lowest BCUT2D eigenvalue weighted by atomic mass is 10.2. The van der Waals surface area contributed by atoms with Crippen molar-refractivity contribution in [1.82, 2.24) is 10.2 Å². The number of halogens is 2. The molecule has 0 spiro atoms. The van der Waals surface area contributed by atoms with Gasteiger partial charge in [-0.25, -0.2) is 8.78 Å². The summed E-state index contributed by atoms with van der Waals surface area (Å²) in [4.78, 5) is 13.4. The molecule has 1 rings (SSSR count). The molecule has 6 heteroatoms. The Morgan fingerprint density at radius 3 is 2.50 bits per heavy atom. The van der Waals surface area contributed by atoms with Crippen LogP contribution < -0.4 is 5.32 Å². The van der Waals surface area contributed by atoms with Crippen molar-refractivity contribution in [3.63, 3.8) is 0 Å². The van der Waals surface area contributed by atoms with E-state index in [0.29, 0.717) is 18.5 Å². The van der Waals surface area contributed by atoms with Gasteiger partial charge in [0.15, 0.2) is 0 Å². The molecule has 112 valence electrons. The summed E-state index contributed by atoms with van der Waals surface area (Å²) in [6.07, 6.45) is 0.176.